The average Bonchev–Trinajstić information content (AvgIpc) is 3.08. The summed E-state index contributed by atoms with van der Waals surface area (Å²) in [6.45, 7) is 3.47. The molecule has 4 rings (SSSR count). The number of nitrogens with one attached hydrogen (secondary N) is 2. The number of benzene rings is 3. The van der Waals surface area contributed by atoms with E-state index in [2.05, 4.69) is 10.6 Å². The molecule has 37 heavy (non-hydrogen) atoms. The number of imide groups is 1. The number of carbonyl (C=O) groups excluding carboxylic acids is 4. The van der Waals surface area contributed by atoms with E-state index < -0.39 is 17.8 Å². The Morgan fingerprint density at radius 1 is 0.784 bits per heavy atom. The molecule has 0 radical (unpaired) electrons. The van der Waals surface area contributed by atoms with Gasteiger partial charge in [-0.15, -0.1) is 0 Å². The van der Waals surface area contributed by atoms with E-state index in [9.17, 15) is 19.2 Å². The third-order valence-electron chi connectivity index (χ3n) is 5.25. The Hall–Kier alpha value is -4.14. The summed E-state index contributed by atoms with van der Waals surface area (Å²) < 4.78 is 5.15. The van der Waals surface area contributed by atoms with Gasteiger partial charge in [0.25, 0.3) is 17.7 Å². The number of amides is 3. The topological polar surface area (TPSA) is 105 Å². The summed E-state index contributed by atoms with van der Waals surface area (Å²) in [5.74, 6) is -2.20. The Bertz CT molecular complexity index is 1400. The minimum absolute atomic E-state index is 0.103. The number of hydrogen-bond acceptors (Lipinski definition) is 6. The maximum atomic E-state index is 13.0. The molecule has 0 saturated heterocycles. The zero-order valence-electron chi connectivity index (χ0n) is 19.7. The Morgan fingerprint density at radius 3 is 1.95 bits per heavy atom. The van der Waals surface area contributed by atoms with Gasteiger partial charge in [-0.3, -0.25) is 14.4 Å². The summed E-state index contributed by atoms with van der Waals surface area (Å²) in [4.78, 5) is 51.2. The maximum absolute atomic E-state index is 13.0. The van der Waals surface area contributed by atoms with Gasteiger partial charge in [-0.05, 0) is 86.6 Å². The number of halogens is 2. The van der Waals surface area contributed by atoms with E-state index in [1.807, 2.05) is 0 Å². The van der Waals surface area contributed by atoms with Gasteiger partial charge in [0.05, 0.1) is 17.4 Å². The predicted molar refractivity (Wildman–Crippen MR) is 142 cm³/mol. The molecule has 0 aromatic heterocycles. The third kappa shape index (κ3) is 5.82. The smallest absolute Gasteiger partial charge is 0.338 e. The summed E-state index contributed by atoms with van der Waals surface area (Å²) in [5, 5.41) is 5.90. The fourth-order valence-corrected chi connectivity index (χ4v) is 3.80. The van der Waals surface area contributed by atoms with Crippen molar-refractivity contribution in [3.05, 3.63) is 99.7 Å². The molecule has 10 heteroatoms. The van der Waals surface area contributed by atoms with Crippen molar-refractivity contribution in [2.75, 3.05) is 15.5 Å². The summed E-state index contributed by atoms with van der Waals surface area (Å²) in [6.07, 6.45) is -0.280. The third-order valence-corrected chi connectivity index (χ3v) is 5.85. The molecule has 3 amide bonds. The summed E-state index contributed by atoms with van der Waals surface area (Å²) in [5.41, 5.74) is 1.86. The predicted octanol–water partition coefficient (Wildman–Crippen LogP) is 5.59. The quantitative estimate of drug-likeness (QED) is 0.300. The van der Waals surface area contributed by atoms with Gasteiger partial charge in [-0.2, -0.15) is 0 Å². The molecule has 0 unspecified atom stereocenters. The number of rotatable bonds is 7. The molecule has 8 nitrogen and oxygen atoms in total. The van der Waals surface area contributed by atoms with Gasteiger partial charge in [-0.25, -0.2) is 9.69 Å². The molecular weight excluding hydrogens is 517 g/mol. The van der Waals surface area contributed by atoms with Crippen molar-refractivity contribution in [1.82, 2.24) is 0 Å². The molecule has 3 aromatic rings. The van der Waals surface area contributed by atoms with Crippen LogP contribution in [-0.4, -0.2) is 29.8 Å². The Morgan fingerprint density at radius 2 is 1.35 bits per heavy atom. The highest BCUT2D eigenvalue weighted by Gasteiger charge is 2.39. The molecule has 3 aromatic carbocycles. The molecule has 0 atom stereocenters. The van der Waals surface area contributed by atoms with Crippen LogP contribution in [-0.2, 0) is 14.3 Å². The first-order chi connectivity index (χ1) is 17.6. The minimum atomic E-state index is -0.703. The monoisotopic (exact) mass is 537 g/mol. The normalized spacial score (nSPS) is 13.3. The van der Waals surface area contributed by atoms with E-state index >= 15 is 0 Å². The summed E-state index contributed by atoms with van der Waals surface area (Å²) in [6, 6.07) is 18.9. The van der Waals surface area contributed by atoms with Gasteiger partial charge in [0.2, 0.25) is 0 Å². The summed E-state index contributed by atoms with van der Waals surface area (Å²) >= 11 is 12.1. The summed E-state index contributed by atoms with van der Waals surface area (Å²) in [7, 11) is 0. The van der Waals surface area contributed by atoms with Gasteiger partial charge in [0, 0.05) is 22.0 Å². The number of ether oxygens (including phenoxy) is 1. The molecule has 0 bridgehead atoms. The van der Waals surface area contributed by atoms with E-state index in [0.29, 0.717) is 22.0 Å². The Balaban J connectivity index is 1.44. The number of carbonyl (C=O) groups is 4. The lowest BCUT2D eigenvalue weighted by Crippen LogP contribution is -2.32. The van der Waals surface area contributed by atoms with Gasteiger partial charge in [0.1, 0.15) is 10.7 Å². The second-order valence-electron chi connectivity index (χ2n) is 8.30. The number of esters is 1. The van der Waals surface area contributed by atoms with Crippen molar-refractivity contribution in [3.8, 4) is 0 Å². The van der Waals surface area contributed by atoms with Crippen LogP contribution in [0.1, 0.15) is 34.6 Å². The minimum Gasteiger partial charge on any atom is -0.459 e. The Labute approximate surface area is 222 Å². The van der Waals surface area contributed by atoms with Crippen molar-refractivity contribution in [3.63, 3.8) is 0 Å². The molecular formula is C27H21Cl2N3O5. The highest BCUT2D eigenvalue weighted by Crippen LogP contribution is 2.30. The van der Waals surface area contributed by atoms with Gasteiger partial charge in [0.15, 0.2) is 0 Å². The van der Waals surface area contributed by atoms with Crippen LogP contribution in [0.15, 0.2) is 83.5 Å². The van der Waals surface area contributed by atoms with E-state index in [0.717, 1.165) is 4.90 Å². The molecule has 1 aliphatic rings. The number of anilines is 3. The van der Waals surface area contributed by atoms with Gasteiger partial charge >= 0.3 is 5.97 Å². The molecule has 1 aliphatic heterocycles. The Kier molecular flexibility index (Phi) is 7.61. The van der Waals surface area contributed by atoms with Crippen LogP contribution in [0.2, 0.25) is 5.02 Å². The van der Waals surface area contributed by atoms with Crippen LogP contribution in [0.25, 0.3) is 0 Å². The van der Waals surface area contributed by atoms with Crippen molar-refractivity contribution in [2.24, 2.45) is 0 Å². The maximum Gasteiger partial charge on any atom is 0.338 e. The van der Waals surface area contributed by atoms with E-state index in [4.69, 9.17) is 27.9 Å². The highest BCUT2D eigenvalue weighted by atomic mass is 35.5. The van der Waals surface area contributed by atoms with Crippen LogP contribution in [0.3, 0.4) is 0 Å². The van der Waals surface area contributed by atoms with Gasteiger partial charge in [-0.1, -0.05) is 23.2 Å². The van der Waals surface area contributed by atoms with Crippen LogP contribution in [0.5, 0.6) is 0 Å². The average molecular weight is 538 g/mol. The molecule has 188 valence electrons. The first-order valence-electron chi connectivity index (χ1n) is 11.2. The number of hydrogen-bond donors (Lipinski definition) is 2. The van der Waals surface area contributed by atoms with Crippen LogP contribution in [0.4, 0.5) is 17.1 Å². The van der Waals surface area contributed by atoms with Crippen molar-refractivity contribution in [2.45, 2.75) is 20.0 Å². The lowest BCUT2D eigenvalue weighted by atomic mass is 10.2. The second-order valence-corrected chi connectivity index (χ2v) is 9.11. The first-order valence-corrected chi connectivity index (χ1v) is 11.9. The standard InChI is InChI=1S/C27H21Cl2N3O5/c1-15(2)37-27(36)17-5-13-21(14-6-17)32-25(34)22(29)23(26(32)35)30-19-9-3-16(4-10-19)24(33)31-20-11-7-18(28)8-12-20/h3-15,30H,1-2H3,(H,31,33). The van der Waals surface area contributed by atoms with Crippen LogP contribution < -0.4 is 15.5 Å². The first kappa shape index (κ1) is 25.9. The lowest BCUT2D eigenvalue weighted by molar-refractivity contribution is -0.120. The number of nitrogens with zero attached hydrogens (tertiary/aromatic N) is 1. The molecule has 1 heterocycles. The van der Waals surface area contributed by atoms with Crippen LogP contribution >= 0.6 is 23.2 Å². The van der Waals surface area contributed by atoms with E-state index in [1.54, 1.807) is 62.4 Å². The largest absolute Gasteiger partial charge is 0.459 e. The molecule has 0 spiro atoms. The van der Waals surface area contributed by atoms with Gasteiger partial charge < -0.3 is 15.4 Å². The molecule has 0 aliphatic carbocycles. The van der Waals surface area contributed by atoms with E-state index in [1.165, 1.54) is 24.3 Å². The molecule has 0 fully saturated rings. The van der Waals surface area contributed by atoms with Crippen molar-refractivity contribution in [1.29, 1.82) is 0 Å². The fourth-order valence-electron chi connectivity index (χ4n) is 3.46. The lowest BCUT2D eigenvalue weighted by Gasteiger charge is -2.16. The zero-order valence-corrected chi connectivity index (χ0v) is 21.3. The van der Waals surface area contributed by atoms with E-state index in [-0.39, 0.29) is 34.0 Å². The van der Waals surface area contributed by atoms with Crippen LogP contribution in [0, 0.1) is 0 Å². The fraction of sp³-hybridized carbons (Fsp3) is 0.111. The SMILES string of the molecule is CC(C)OC(=O)c1ccc(N2C(=O)C(Cl)=C(Nc3ccc(C(=O)Nc4ccc(Cl)cc4)cc3)C2=O)cc1. The van der Waals surface area contributed by atoms with Crippen molar-refractivity contribution < 1.29 is 23.9 Å². The second kappa shape index (κ2) is 10.9. The van der Waals surface area contributed by atoms with Crippen molar-refractivity contribution >= 4 is 64.0 Å². The highest BCUT2D eigenvalue weighted by molar-refractivity contribution is 6.53. The molecule has 0 saturated carbocycles. The molecule has 2 N–H and O–H groups in total. The zero-order chi connectivity index (χ0) is 26.7.